The van der Waals surface area contributed by atoms with Crippen LogP contribution in [0.25, 0.3) is 55.3 Å². The summed E-state index contributed by atoms with van der Waals surface area (Å²) in [7, 11) is 0. The van der Waals surface area contributed by atoms with Crippen molar-refractivity contribution in [2.75, 3.05) is 4.90 Å². The average Bonchev–Trinajstić information content (AvgIpc) is 3.91. The van der Waals surface area contributed by atoms with Gasteiger partial charge in [0.05, 0.1) is 16.5 Å². The van der Waals surface area contributed by atoms with Crippen LogP contribution < -0.4 is 9.64 Å². The van der Waals surface area contributed by atoms with E-state index in [0.29, 0.717) is 0 Å². The van der Waals surface area contributed by atoms with Gasteiger partial charge >= 0.3 is 0 Å². The molecule has 3 nitrogen and oxygen atoms in total. The topological polar surface area (TPSA) is 25.6 Å². The summed E-state index contributed by atoms with van der Waals surface area (Å²) in [5.41, 5.74) is 18.7. The second-order valence-electron chi connectivity index (χ2n) is 17.2. The molecule has 0 saturated carbocycles. The van der Waals surface area contributed by atoms with Crippen LogP contribution in [-0.2, 0) is 10.8 Å². The molecule has 1 aliphatic heterocycles. The van der Waals surface area contributed by atoms with E-state index < -0.39 is 5.41 Å². The van der Waals surface area contributed by atoms with Gasteiger partial charge in [0.25, 0.3) is 0 Å². The Kier molecular flexibility index (Phi) is 6.99. The Balaban J connectivity index is 1.17. The summed E-state index contributed by atoms with van der Waals surface area (Å²) in [5, 5.41) is 2.16. The summed E-state index contributed by atoms with van der Waals surface area (Å²) in [6, 6.07) is 72.9. The second kappa shape index (κ2) is 12.5. The highest BCUT2D eigenvalue weighted by Gasteiger charge is 2.52. The molecule has 288 valence electrons. The van der Waals surface area contributed by atoms with Crippen LogP contribution in [0.3, 0.4) is 0 Å². The van der Waals surface area contributed by atoms with E-state index in [1.807, 2.05) is 6.07 Å². The fraction of sp³-hybridized carbons (Fsp3) is 0.0690. The number of nitrogens with zero attached hydrogens (tertiary/aromatic N) is 1. The minimum Gasteiger partial charge on any atom is -0.456 e. The zero-order chi connectivity index (χ0) is 40.5. The number of benzene rings is 9. The van der Waals surface area contributed by atoms with Gasteiger partial charge in [-0.1, -0.05) is 166 Å². The van der Waals surface area contributed by atoms with Crippen LogP contribution in [-0.4, -0.2) is 0 Å². The summed E-state index contributed by atoms with van der Waals surface area (Å²) in [4.78, 5) is 2.47. The predicted octanol–water partition coefficient (Wildman–Crippen LogP) is 15.5. The SMILES string of the molecule is CC1(C)c2ccccc2-c2ccc(N(c3cc(-c4ccccc4)c4c(c3)C3(c5ccccc5O4)c4ccccc4-c4ccccc43)c3cccc4oc5ccccc5c34)cc21. The number of anilines is 3. The van der Waals surface area contributed by atoms with Crippen molar-refractivity contribution in [2.45, 2.75) is 24.7 Å². The smallest absolute Gasteiger partial charge is 0.140 e. The zero-order valence-electron chi connectivity index (χ0n) is 33.8. The minimum absolute atomic E-state index is 0.189. The summed E-state index contributed by atoms with van der Waals surface area (Å²) in [5.74, 6) is 1.75. The fourth-order valence-corrected chi connectivity index (χ4v) is 11.1. The largest absolute Gasteiger partial charge is 0.456 e. The van der Waals surface area contributed by atoms with E-state index in [1.165, 1.54) is 44.5 Å². The van der Waals surface area contributed by atoms with Crippen molar-refractivity contribution < 1.29 is 9.15 Å². The molecule has 0 saturated heterocycles. The van der Waals surface area contributed by atoms with Crippen LogP contribution in [0.5, 0.6) is 11.5 Å². The van der Waals surface area contributed by atoms with Crippen molar-refractivity contribution in [2.24, 2.45) is 0 Å². The Morgan fingerprint density at radius 1 is 0.410 bits per heavy atom. The molecule has 0 atom stereocenters. The number of ether oxygens (including phenoxy) is 1. The summed E-state index contributed by atoms with van der Waals surface area (Å²) >= 11 is 0. The number of hydrogen-bond donors (Lipinski definition) is 0. The van der Waals surface area contributed by atoms with Gasteiger partial charge in [0.15, 0.2) is 0 Å². The maximum absolute atomic E-state index is 7.23. The molecule has 0 fully saturated rings. The number of para-hydroxylation sites is 2. The van der Waals surface area contributed by atoms with E-state index in [1.54, 1.807) is 0 Å². The van der Waals surface area contributed by atoms with E-state index in [-0.39, 0.29) is 5.41 Å². The lowest BCUT2D eigenvalue weighted by molar-refractivity contribution is 0.438. The molecule has 13 rings (SSSR count). The van der Waals surface area contributed by atoms with Crippen molar-refractivity contribution in [3.63, 3.8) is 0 Å². The Morgan fingerprint density at radius 3 is 1.77 bits per heavy atom. The maximum Gasteiger partial charge on any atom is 0.140 e. The molecule has 0 radical (unpaired) electrons. The van der Waals surface area contributed by atoms with Crippen LogP contribution in [0.4, 0.5) is 17.1 Å². The van der Waals surface area contributed by atoms with Crippen molar-refractivity contribution in [1.29, 1.82) is 0 Å². The molecular formula is C58H39NO2. The third kappa shape index (κ3) is 4.58. The summed E-state index contributed by atoms with van der Waals surface area (Å²) in [6.07, 6.45) is 0. The van der Waals surface area contributed by atoms with E-state index in [4.69, 9.17) is 9.15 Å². The van der Waals surface area contributed by atoms with Gasteiger partial charge in [0, 0.05) is 38.9 Å². The first-order chi connectivity index (χ1) is 30.0. The van der Waals surface area contributed by atoms with Crippen LogP contribution in [0.1, 0.15) is 47.2 Å². The van der Waals surface area contributed by atoms with E-state index >= 15 is 0 Å². The molecule has 1 spiro atoms. The predicted molar refractivity (Wildman–Crippen MR) is 249 cm³/mol. The monoisotopic (exact) mass is 781 g/mol. The minimum atomic E-state index is -0.654. The lowest BCUT2D eigenvalue weighted by Gasteiger charge is -2.41. The summed E-state index contributed by atoms with van der Waals surface area (Å²) < 4.78 is 13.8. The maximum atomic E-state index is 7.23. The Bertz CT molecular complexity index is 3400. The Hall–Kier alpha value is -7.62. The van der Waals surface area contributed by atoms with Crippen LogP contribution in [0.15, 0.2) is 205 Å². The van der Waals surface area contributed by atoms with Gasteiger partial charge in [-0.3, -0.25) is 0 Å². The first-order valence-electron chi connectivity index (χ1n) is 21.2. The third-order valence-electron chi connectivity index (χ3n) is 13.7. The highest BCUT2D eigenvalue weighted by molar-refractivity contribution is 6.13. The van der Waals surface area contributed by atoms with Crippen molar-refractivity contribution in [3.8, 4) is 44.9 Å². The molecule has 9 aromatic carbocycles. The number of fused-ring (bicyclic) bond motifs is 15. The number of hydrogen-bond acceptors (Lipinski definition) is 3. The molecule has 0 unspecified atom stereocenters. The highest BCUT2D eigenvalue weighted by Crippen LogP contribution is 2.64. The molecule has 2 aliphatic carbocycles. The van der Waals surface area contributed by atoms with Crippen molar-refractivity contribution in [1.82, 2.24) is 0 Å². The molecule has 0 amide bonds. The molecule has 2 heterocycles. The molecule has 1 aromatic heterocycles. The first kappa shape index (κ1) is 34.3. The Morgan fingerprint density at radius 2 is 1.00 bits per heavy atom. The van der Waals surface area contributed by atoms with Crippen molar-refractivity contribution in [3.05, 3.63) is 234 Å². The summed E-state index contributed by atoms with van der Waals surface area (Å²) in [6.45, 7) is 4.71. The first-order valence-corrected chi connectivity index (χ1v) is 21.2. The lowest BCUT2D eigenvalue weighted by Crippen LogP contribution is -2.32. The number of rotatable bonds is 4. The van der Waals surface area contributed by atoms with Gasteiger partial charge in [-0.25, -0.2) is 0 Å². The van der Waals surface area contributed by atoms with Crippen LogP contribution >= 0.6 is 0 Å². The van der Waals surface area contributed by atoms with Crippen molar-refractivity contribution >= 4 is 39.0 Å². The fourth-order valence-electron chi connectivity index (χ4n) is 11.1. The van der Waals surface area contributed by atoms with E-state index in [9.17, 15) is 0 Å². The lowest BCUT2D eigenvalue weighted by atomic mass is 9.65. The van der Waals surface area contributed by atoms with E-state index in [0.717, 1.165) is 72.8 Å². The van der Waals surface area contributed by atoms with Gasteiger partial charge in [-0.2, -0.15) is 0 Å². The molecule has 3 heteroatoms. The zero-order valence-corrected chi connectivity index (χ0v) is 33.8. The van der Waals surface area contributed by atoms with Gasteiger partial charge in [0.1, 0.15) is 22.7 Å². The Labute approximate surface area is 354 Å². The van der Waals surface area contributed by atoms with Gasteiger partial charge < -0.3 is 14.1 Å². The van der Waals surface area contributed by atoms with Crippen LogP contribution in [0.2, 0.25) is 0 Å². The standard InChI is InChI=1S/C58H39NO2/c1-57(2)45-23-10-6-19-39(45)42-32-31-37(34-49(42)57)59(51-27-16-30-54-55(51)43-22-9-14-28-52(43)60-54)38-33-44(36-17-4-3-5-18-36)56-50(35-38)58(48-26-13-15-29-53(48)61-56)46-24-11-7-20-40(46)41-21-8-12-25-47(41)58/h3-35H,1-2H3. The normalized spacial score (nSPS) is 14.5. The second-order valence-corrected chi connectivity index (χ2v) is 17.2. The molecule has 3 aliphatic rings. The quantitative estimate of drug-likeness (QED) is 0.178. The third-order valence-corrected chi connectivity index (χ3v) is 13.7. The molecule has 0 N–H and O–H groups in total. The molecular weight excluding hydrogens is 743 g/mol. The molecule has 0 bridgehead atoms. The average molecular weight is 782 g/mol. The number of furan rings is 1. The highest BCUT2D eigenvalue weighted by atomic mass is 16.5. The van der Waals surface area contributed by atoms with Gasteiger partial charge in [-0.15, -0.1) is 0 Å². The van der Waals surface area contributed by atoms with Gasteiger partial charge in [0.2, 0.25) is 0 Å². The molecule has 10 aromatic rings. The van der Waals surface area contributed by atoms with Gasteiger partial charge in [-0.05, 0) is 98.6 Å². The van der Waals surface area contributed by atoms with E-state index in [2.05, 4.69) is 213 Å². The van der Waals surface area contributed by atoms with Crippen LogP contribution in [0, 0.1) is 0 Å². The molecule has 61 heavy (non-hydrogen) atoms.